The van der Waals surface area contributed by atoms with Gasteiger partial charge >= 0.3 is 5.97 Å². The van der Waals surface area contributed by atoms with E-state index in [9.17, 15) is 14.9 Å². The zero-order valence-corrected chi connectivity index (χ0v) is 21.0. The lowest BCUT2D eigenvalue weighted by Crippen LogP contribution is -2.26. The van der Waals surface area contributed by atoms with Crippen molar-refractivity contribution < 1.29 is 23.8 Å². The maximum Gasteiger partial charge on any atom is 0.344 e. The number of carbonyl (C=O) groups is 2. The van der Waals surface area contributed by atoms with Gasteiger partial charge in [0.25, 0.3) is 5.91 Å². The minimum atomic E-state index is -0.486. The molecular formula is C25H24IN3O5. The number of fused-ring (bicyclic) bond motifs is 1. The van der Waals surface area contributed by atoms with Gasteiger partial charge in [-0.15, -0.1) is 0 Å². The number of aromatic nitrogens is 1. The van der Waals surface area contributed by atoms with E-state index in [1.165, 1.54) is 13.2 Å². The standard InChI is InChI=1S/C25H24IN3O5/c1-3-33-23(30)15-34-24-20(26)11-16(12-22(24)32-2)10-18(13-27)25(31)28-9-8-17-14-29-21-7-5-4-6-19(17)21/h4-7,10-12,14,29H,3,8-9,15H2,1-2H3,(H,28,31)/b18-10-. The van der Waals surface area contributed by atoms with Crippen LogP contribution in [0.15, 0.2) is 48.2 Å². The second kappa shape index (κ2) is 12.1. The van der Waals surface area contributed by atoms with Crippen LogP contribution in [0.5, 0.6) is 11.5 Å². The van der Waals surface area contributed by atoms with Gasteiger partial charge in [0.15, 0.2) is 18.1 Å². The second-order valence-electron chi connectivity index (χ2n) is 7.16. The van der Waals surface area contributed by atoms with Gasteiger partial charge in [0, 0.05) is 23.6 Å². The molecule has 1 heterocycles. The summed E-state index contributed by atoms with van der Waals surface area (Å²) in [5, 5.41) is 13.4. The van der Waals surface area contributed by atoms with Gasteiger partial charge in [-0.05, 0) is 71.3 Å². The van der Waals surface area contributed by atoms with E-state index in [0.717, 1.165) is 16.5 Å². The number of aromatic amines is 1. The molecule has 34 heavy (non-hydrogen) atoms. The van der Waals surface area contributed by atoms with Gasteiger partial charge in [-0.25, -0.2) is 4.79 Å². The van der Waals surface area contributed by atoms with Gasteiger partial charge < -0.3 is 24.5 Å². The molecule has 0 spiro atoms. The highest BCUT2D eigenvalue weighted by Gasteiger charge is 2.15. The highest BCUT2D eigenvalue weighted by atomic mass is 127. The number of nitriles is 1. The summed E-state index contributed by atoms with van der Waals surface area (Å²) in [7, 11) is 1.47. The van der Waals surface area contributed by atoms with Crippen LogP contribution in [0.4, 0.5) is 0 Å². The molecule has 8 nitrogen and oxygen atoms in total. The molecule has 2 aromatic carbocycles. The van der Waals surface area contributed by atoms with Crippen LogP contribution in [-0.2, 0) is 20.7 Å². The van der Waals surface area contributed by atoms with E-state index in [1.54, 1.807) is 19.1 Å². The fourth-order valence-electron chi connectivity index (χ4n) is 3.36. The molecule has 3 rings (SSSR count). The molecule has 0 atom stereocenters. The molecule has 0 unspecified atom stereocenters. The number of esters is 1. The Morgan fingerprint density at radius 2 is 2.06 bits per heavy atom. The summed E-state index contributed by atoms with van der Waals surface area (Å²) in [5.74, 6) is -0.186. The van der Waals surface area contributed by atoms with E-state index in [0.29, 0.717) is 33.6 Å². The van der Waals surface area contributed by atoms with E-state index in [2.05, 4.69) is 10.3 Å². The largest absolute Gasteiger partial charge is 0.493 e. The molecule has 3 aromatic rings. The van der Waals surface area contributed by atoms with Gasteiger partial charge in [0.05, 0.1) is 17.3 Å². The first-order valence-electron chi connectivity index (χ1n) is 10.6. The molecule has 1 amide bonds. The van der Waals surface area contributed by atoms with Crippen LogP contribution < -0.4 is 14.8 Å². The lowest BCUT2D eigenvalue weighted by Gasteiger charge is -2.13. The van der Waals surface area contributed by atoms with Crippen LogP contribution in [0.25, 0.3) is 17.0 Å². The van der Waals surface area contributed by atoms with Gasteiger partial charge in [0.2, 0.25) is 0 Å². The number of hydrogen-bond donors (Lipinski definition) is 2. The highest BCUT2D eigenvalue weighted by Crippen LogP contribution is 2.34. The van der Waals surface area contributed by atoms with Crippen molar-refractivity contribution in [2.75, 3.05) is 26.9 Å². The quantitative estimate of drug-likeness (QED) is 0.164. The summed E-state index contributed by atoms with van der Waals surface area (Å²) >= 11 is 2.04. The summed E-state index contributed by atoms with van der Waals surface area (Å²) in [6.45, 7) is 2.12. The van der Waals surface area contributed by atoms with Gasteiger partial charge in [-0.2, -0.15) is 5.26 Å². The number of carbonyl (C=O) groups excluding carboxylic acids is 2. The minimum Gasteiger partial charge on any atom is -0.493 e. The average Bonchev–Trinajstić information content (AvgIpc) is 3.24. The summed E-state index contributed by atoms with van der Waals surface area (Å²) in [4.78, 5) is 27.4. The molecule has 0 aliphatic carbocycles. The number of hydrogen-bond acceptors (Lipinski definition) is 6. The van der Waals surface area contributed by atoms with E-state index in [4.69, 9.17) is 14.2 Å². The van der Waals surface area contributed by atoms with Crippen LogP contribution >= 0.6 is 22.6 Å². The maximum absolute atomic E-state index is 12.6. The number of halogens is 1. The highest BCUT2D eigenvalue weighted by molar-refractivity contribution is 14.1. The van der Waals surface area contributed by atoms with Crippen LogP contribution in [0.2, 0.25) is 0 Å². The number of benzene rings is 2. The molecule has 0 aliphatic heterocycles. The zero-order valence-electron chi connectivity index (χ0n) is 18.8. The molecule has 0 radical (unpaired) electrons. The van der Waals surface area contributed by atoms with Gasteiger partial charge in [-0.3, -0.25) is 4.79 Å². The number of para-hydroxylation sites is 1. The van der Waals surface area contributed by atoms with Crippen LogP contribution in [0, 0.1) is 14.9 Å². The molecule has 0 bridgehead atoms. The number of amides is 1. The molecular weight excluding hydrogens is 549 g/mol. The number of ether oxygens (including phenoxy) is 3. The van der Waals surface area contributed by atoms with Crippen molar-refractivity contribution in [3.63, 3.8) is 0 Å². The molecule has 9 heteroatoms. The molecule has 0 saturated heterocycles. The number of methoxy groups -OCH3 is 1. The van der Waals surface area contributed by atoms with E-state index < -0.39 is 11.9 Å². The third-order valence-corrected chi connectivity index (χ3v) is 5.72. The Hall–Kier alpha value is -3.52. The predicted octanol–water partition coefficient (Wildman–Crippen LogP) is 3.99. The van der Waals surface area contributed by atoms with Gasteiger partial charge in [0.1, 0.15) is 11.6 Å². The van der Waals surface area contributed by atoms with E-state index in [1.807, 2.05) is 59.1 Å². The Morgan fingerprint density at radius 3 is 2.79 bits per heavy atom. The normalized spacial score (nSPS) is 11.1. The van der Waals surface area contributed by atoms with Crippen molar-refractivity contribution in [3.8, 4) is 17.6 Å². The fourth-order valence-corrected chi connectivity index (χ4v) is 4.14. The van der Waals surface area contributed by atoms with Crippen LogP contribution in [0.3, 0.4) is 0 Å². The lowest BCUT2D eigenvalue weighted by molar-refractivity contribution is -0.145. The smallest absolute Gasteiger partial charge is 0.344 e. The number of nitrogens with zero attached hydrogens (tertiary/aromatic N) is 1. The molecule has 176 valence electrons. The first-order chi connectivity index (χ1) is 16.5. The number of H-pyrrole nitrogens is 1. The maximum atomic E-state index is 12.6. The second-order valence-corrected chi connectivity index (χ2v) is 8.33. The summed E-state index contributed by atoms with van der Waals surface area (Å²) in [6, 6.07) is 13.3. The summed E-state index contributed by atoms with van der Waals surface area (Å²) < 4.78 is 16.5. The third-order valence-electron chi connectivity index (χ3n) is 4.92. The molecule has 1 aromatic heterocycles. The Labute approximate surface area is 211 Å². The SMILES string of the molecule is CCOC(=O)COc1c(I)cc(/C=C(/C#N)C(=O)NCCc2c[nH]c3ccccc23)cc1OC. The predicted molar refractivity (Wildman–Crippen MR) is 136 cm³/mol. The number of rotatable bonds is 10. The Balaban J connectivity index is 1.68. The van der Waals surface area contributed by atoms with Crippen molar-refractivity contribution in [2.45, 2.75) is 13.3 Å². The summed E-state index contributed by atoms with van der Waals surface area (Å²) in [5.41, 5.74) is 2.70. The minimum absolute atomic E-state index is 0.0306. The van der Waals surface area contributed by atoms with Crippen LogP contribution in [-0.4, -0.2) is 43.7 Å². The molecule has 2 N–H and O–H groups in total. The third kappa shape index (κ3) is 6.29. The van der Waals surface area contributed by atoms with Crippen molar-refractivity contribution in [1.82, 2.24) is 10.3 Å². The Bertz CT molecular complexity index is 1260. The van der Waals surface area contributed by atoms with E-state index >= 15 is 0 Å². The Morgan fingerprint density at radius 1 is 1.26 bits per heavy atom. The first kappa shape index (κ1) is 25.1. The van der Waals surface area contributed by atoms with Crippen molar-refractivity contribution in [2.24, 2.45) is 0 Å². The monoisotopic (exact) mass is 573 g/mol. The first-order valence-corrected chi connectivity index (χ1v) is 11.7. The topological polar surface area (TPSA) is 113 Å². The summed E-state index contributed by atoms with van der Waals surface area (Å²) in [6.07, 6.45) is 4.05. The molecule has 0 aliphatic rings. The number of nitrogens with one attached hydrogen (secondary N) is 2. The van der Waals surface area contributed by atoms with Gasteiger partial charge in [-0.1, -0.05) is 18.2 Å². The molecule has 0 fully saturated rings. The van der Waals surface area contributed by atoms with Crippen molar-refractivity contribution in [1.29, 1.82) is 5.26 Å². The van der Waals surface area contributed by atoms with Crippen LogP contribution in [0.1, 0.15) is 18.1 Å². The van der Waals surface area contributed by atoms with E-state index in [-0.39, 0.29) is 18.8 Å². The zero-order chi connectivity index (χ0) is 24.5. The van der Waals surface area contributed by atoms with Crippen molar-refractivity contribution in [3.05, 3.63) is 62.9 Å². The fraction of sp³-hybridized carbons (Fsp3) is 0.240. The lowest BCUT2D eigenvalue weighted by atomic mass is 10.1. The van der Waals surface area contributed by atoms with Crippen molar-refractivity contribution >= 4 is 51.4 Å². The Kier molecular flexibility index (Phi) is 8.93. The molecule has 0 saturated carbocycles. The average molecular weight is 573 g/mol.